The second-order valence-electron chi connectivity index (χ2n) is 3.32. The fourth-order valence-electron chi connectivity index (χ4n) is 1.20. The van der Waals surface area contributed by atoms with Crippen molar-refractivity contribution < 1.29 is 14.7 Å². The van der Waals surface area contributed by atoms with Crippen molar-refractivity contribution in [1.29, 1.82) is 0 Å². The molecule has 5 heteroatoms. The summed E-state index contributed by atoms with van der Waals surface area (Å²) in [6.07, 6.45) is 1.57. The Morgan fingerprint density at radius 3 is 2.53 bits per heavy atom. The lowest BCUT2D eigenvalue weighted by atomic mass is 10.2. The molecule has 0 unspecified atom stereocenters. The van der Waals surface area contributed by atoms with Gasteiger partial charge in [0, 0.05) is 26.6 Å². The van der Waals surface area contributed by atoms with Gasteiger partial charge in [-0.2, -0.15) is 0 Å². The van der Waals surface area contributed by atoms with Crippen LogP contribution in [0.25, 0.3) is 0 Å². The van der Waals surface area contributed by atoms with Crippen LogP contribution in [0, 0.1) is 0 Å². The van der Waals surface area contributed by atoms with Gasteiger partial charge in [-0.3, -0.25) is 9.59 Å². The van der Waals surface area contributed by atoms with Crippen molar-refractivity contribution in [1.82, 2.24) is 10.2 Å². The highest BCUT2D eigenvalue weighted by atomic mass is 16.3. The summed E-state index contributed by atoms with van der Waals surface area (Å²) in [6, 6.07) is 0. The average Bonchev–Trinajstić information content (AvgIpc) is 2.24. The van der Waals surface area contributed by atoms with Gasteiger partial charge in [0.05, 0.1) is 6.54 Å². The van der Waals surface area contributed by atoms with Gasteiger partial charge in [0.2, 0.25) is 11.8 Å². The zero-order valence-electron chi connectivity index (χ0n) is 9.45. The highest BCUT2D eigenvalue weighted by molar-refractivity contribution is 5.84. The number of nitrogens with one attached hydrogen (secondary N) is 1. The summed E-state index contributed by atoms with van der Waals surface area (Å²) in [6.45, 7) is 2.65. The number of carbonyl (C=O) groups is 2. The average molecular weight is 216 g/mol. The normalized spacial score (nSPS) is 9.80. The number of aliphatic hydroxyl groups is 1. The summed E-state index contributed by atoms with van der Waals surface area (Å²) in [5.41, 5.74) is 0. The van der Waals surface area contributed by atoms with Crippen molar-refractivity contribution in [3.63, 3.8) is 0 Å². The zero-order chi connectivity index (χ0) is 11.7. The topological polar surface area (TPSA) is 69.6 Å². The molecule has 0 saturated carbocycles. The van der Waals surface area contributed by atoms with Gasteiger partial charge < -0.3 is 15.3 Å². The number of aliphatic hydroxyl groups excluding tert-OH is 1. The van der Waals surface area contributed by atoms with E-state index >= 15 is 0 Å². The SMILES string of the molecule is CCCN(CC(=O)NC)C(=O)CCCO. The van der Waals surface area contributed by atoms with Gasteiger partial charge in [0.15, 0.2) is 0 Å². The Hall–Kier alpha value is -1.10. The van der Waals surface area contributed by atoms with Crippen molar-refractivity contribution in [2.75, 3.05) is 26.7 Å². The van der Waals surface area contributed by atoms with Crippen LogP contribution in [0.2, 0.25) is 0 Å². The molecular weight excluding hydrogens is 196 g/mol. The van der Waals surface area contributed by atoms with Crippen molar-refractivity contribution >= 4 is 11.8 Å². The van der Waals surface area contributed by atoms with Crippen molar-refractivity contribution in [2.45, 2.75) is 26.2 Å². The molecule has 0 aliphatic rings. The molecule has 0 aromatic rings. The third kappa shape index (κ3) is 6.06. The van der Waals surface area contributed by atoms with Gasteiger partial charge in [-0.25, -0.2) is 0 Å². The first-order chi connectivity index (χ1) is 7.15. The quantitative estimate of drug-likeness (QED) is 0.616. The molecule has 0 spiro atoms. The Balaban J connectivity index is 4.11. The molecule has 15 heavy (non-hydrogen) atoms. The molecular formula is C10H20N2O3. The maximum atomic E-state index is 11.6. The second-order valence-corrected chi connectivity index (χ2v) is 3.32. The molecule has 2 N–H and O–H groups in total. The molecule has 0 aliphatic carbocycles. The minimum Gasteiger partial charge on any atom is -0.396 e. The summed E-state index contributed by atoms with van der Waals surface area (Å²) < 4.78 is 0. The highest BCUT2D eigenvalue weighted by Crippen LogP contribution is 1.99. The van der Waals surface area contributed by atoms with E-state index in [2.05, 4.69) is 5.32 Å². The Bertz CT molecular complexity index is 207. The molecule has 0 aromatic carbocycles. The summed E-state index contributed by atoms with van der Waals surface area (Å²) in [7, 11) is 1.55. The summed E-state index contributed by atoms with van der Waals surface area (Å²) in [5.74, 6) is -0.240. The molecule has 0 saturated heterocycles. The smallest absolute Gasteiger partial charge is 0.239 e. The Morgan fingerprint density at radius 2 is 2.07 bits per heavy atom. The van der Waals surface area contributed by atoms with Gasteiger partial charge >= 0.3 is 0 Å². The summed E-state index contributed by atoms with van der Waals surface area (Å²) in [4.78, 5) is 24.2. The van der Waals surface area contributed by atoms with E-state index in [9.17, 15) is 9.59 Å². The van der Waals surface area contributed by atoms with Crippen LogP contribution in [-0.4, -0.2) is 48.6 Å². The highest BCUT2D eigenvalue weighted by Gasteiger charge is 2.14. The Morgan fingerprint density at radius 1 is 1.40 bits per heavy atom. The molecule has 0 rings (SSSR count). The molecule has 0 aliphatic heterocycles. The van der Waals surface area contributed by atoms with Crippen LogP contribution in [0.1, 0.15) is 26.2 Å². The van der Waals surface area contributed by atoms with Crippen LogP contribution >= 0.6 is 0 Å². The first kappa shape index (κ1) is 13.9. The second kappa shape index (κ2) is 8.23. The van der Waals surface area contributed by atoms with Crippen LogP contribution in [0.3, 0.4) is 0 Å². The number of amides is 2. The largest absolute Gasteiger partial charge is 0.396 e. The number of hydrogen-bond donors (Lipinski definition) is 2. The Kier molecular flexibility index (Phi) is 7.62. The van der Waals surface area contributed by atoms with Crippen LogP contribution in [0.15, 0.2) is 0 Å². The first-order valence-electron chi connectivity index (χ1n) is 5.24. The summed E-state index contributed by atoms with van der Waals surface area (Å²) in [5, 5.41) is 11.1. The molecule has 0 aromatic heterocycles. The first-order valence-corrected chi connectivity index (χ1v) is 5.24. The van der Waals surface area contributed by atoms with Crippen LogP contribution in [0.5, 0.6) is 0 Å². The van der Waals surface area contributed by atoms with Gasteiger partial charge in [-0.05, 0) is 12.8 Å². The van der Waals surface area contributed by atoms with Crippen LogP contribution in [-0.2, 0) is 9.59 Å². The number of likely N-dealkylation sites (N-methyl/N-ethyl adjacent to an activating group) is 1. The summed E-state index contributed by atoms with van der Waals surface area (Å²) >= 11 is 0. The number of rotatable bonds is 7. The van der Waals surface area contributed by atoms with Gasteiger partial charge in [0.1, 0.15) is 0 Å². The van der Waals surface area contributed by atoms with Crippen LogP contribution in [0.4, 0.5) is 0 Å². The number of nitrogens with zero attached hydrogens (tertiary/aromatic N) is 1. The van der Waals surface area contributed by atoms with E-state index in [0.29, 0.717) is 19.4 Å². The lowest BCUT2D eigenvalue weighted by Gasteiger charge is -2.20. The van der Waals surface area contributed by atoms with E-state index in [4.69, 9.17) is 5.11 Å². The number of carbonyl (C=O) groups excluding carboxylic acids is 2. The van der Waals surface area contributed by atoms with Gasteiger partial charge in [0.25, 0.3) is 0 Å². The monoisotopic (exact) mass is 216 g/mol. The van der Waals surface area contributed by atoms with E-state index in [1.54, 1.807) is 7.05 Å². The fourth-order valence-corrected chi connectivity index (χ4v) is 1.20. The van der Waals surface area contributed by atoms with Gasteiger partial charge in [-0.15, -0.1) is 0 Å². The molecule has 0 heterocycles. The van der Waals surface area contributed by atoms with Crippen molar-refractivity contribution in [3.05, 3.63) is 0 Å². The van der Waals surface area contributed by atoms with E-state index in [1.165, 1.54) is 4.90 Å². The lowest BCUT2D eigenvalue weighted by molar-refractivity contribution is -0.136. The maximum Gasteiger partial charge on any atom is 0.239 e. The molecule has 0 bridgehead atoms. The third-order valence-corrected chi connectivity index (χ3v) is 2.01. The lowest BCUT2D eigenvalue weighted by Crippen LogP contribution is -2.40. The van der Waals surface area contributed by atoms with E-state index in [-0.39, 0.29) is 25.0 Å². The van der Waals surface area contributed by atoms with E-state index in [1.807, 2.05) is 6.92 Å². The molecule has 2 amide bonds. The van der Waals surface area contributed by atoms with Crippen molar-refractivity contribution in [3.8, 4) is 0 Å². The standard InChI is InChI=1S/C10H20N2O3/c1-3-6-12(8-9(14)11-2)10(15)5-4-7-13/h13H,3-8H2,1-2H3,(H,11,14). The molecule has 88 valence electrons. The van der Waals surface area contributed by atoms with Gasteiger partial charge in [-0.1, -0.05) is 6.92 Å². The number of hydrogen-bond acceptors (Lipinski definition) is 3. The third-order valence-electron chi connectivity index (χ3n) is 2.01. The molecule has 0 fully saturated rings. The predicted molar refractivity (Wildman–Crippen MR) is 57.3 cm³/mol. The minimum atomic E-state index is -0.166. The molecule has 0 atom stereocenters. The molecule has 5 nitrogen and oxygen atoms in total. The fraction of sp³-hybridized carbons (Fsp3) is 0.800. The maximum absolute atomic E-state index is 11.6. The predicted octanol–water partition coefficient (Wildman–Crippen LogP) is -0.257. The molecule has 0 radical (unpaired) electrons. The minimum absolute atomic E-state index is 0.00563. The van der Waals surface area contributed by atoms with Crippen molar-refractivity contribution in [2.24, 2.45) is 0 Å². The Labute approximate surface area is 90.5 Å². The zero-order valence-corrected chi connectivity index (χ0v) is 9.45. The van der Waals surface area contributed by atoms with Crippen LogP contribution < -0.4 is 5.32 Å². The van der Waals surface area contributed by atoms with E-state index < -0.39 is 0 Å². The van der Waals surface area contributed by atoms with E-state index in [0.717, 1.165) is 6.42 Å².